The molecule has 32 heavy (non-hydrogen) atoms. The van der Waals surface area contributed by atoms with Crippen LogP contribution in [0.4, 0.5) is 0 Å². The van der Waals surface area contributed by atoms with Crippen LogP contribution in [-0.2, 0) is 20.9 Å². The molecule has 0 fully saturated rings. The number of carbonyl (C=O) groups is 2. The minimum absolute atomic E-state index is 0.155. The van der Waals surface area contributed by atoms with Gasteiger partial charge in [0.05, 0.1) is 14.2 Å². The summed E-state index contributed by atoms with van der Waals surface area (Å²) < 4.78 is 25.9. The summed E-state index contributed by atoms with van der Waals surface area (Å²) in [6, 6.07) is 12.1. The first kappa shape index (κ1) is 22.3. The molecule has 0 saturated heterocycles. The third-order valence-electron chi connectivity index (χ3n) is 4.10. The van der Waals surface area contributed by atoms with Gasteiger partial charge in [0.2, 0.25) is 5.82 Å². The van der Waals surface area contributed by atoms with Crippen molar-refractivity contribution in [2.75, 3.05) is 20.8 Å². The van der Waals surface area contributed by atoms with E-state index in [1.54, 1.807) is 43.5 Å². The van der Waals surface area contributed by atoms with Crippen molar-refractivity contribution in [3.05, 3.63) is 60.0 Å². The summed E-state index contributed by atoms with van der Waals surface area (Å²) in [5.41, 5.74) is 6.44. The zero-order valence-electron chi connectivity index (χ0n) is 17.4. The fraction of sp³-hybridized carbons (Fsp3) is 0.182. The molecule has 0 bridgehead atoms. The molecule has 0 aliphatic heterocycles. The number of ether oxygens (including phenoxy) is 4. The molecule has 1 heterocycles. The van der Waals surface area contributed by atoms with Crippen molar-refractivity contribution < 1.29 is 33.1 Å². The molecule has 3 aromatic rings. The van der Waals surface area contributed by atoms with Gasteiger partial charge in [-0.3, -0.25) is 4.79 Å². The highest BCUT2D eigenvalue weighted by Gasteiger charge is 2.11. The van der Waals surface area contributed by atoms with E-state index in [1.807, 2.05) is 6.07 Å². The molecule has 0 spiro atoms. The first-order chi connectivity index (χ1) is 15.5. The molecule has 166 valence electrons. The van der Waals surface area contributed by atoms with E-state index in [1.165, 1.54) is 19.3 Å². The van der Waals surface area contributed by atoms with Crippen molar-refractivity contribution in [2.24, 2.45) is 5.73 Å². The van der Waals surface area contributed by atoms with Gasteiger partial charge < -0.3 is 29.2 Å². The maximum Gasteiger partial charge on any atom is 0.331 e. The van der Waals surface area contributed by atoms with E-state index in [0.29, 0.717) is 34.2 Å². The Hall–Kier alpha value is -4.34. The number of nitrogens with two attached hydrogens (primary N) is 1. The molecule has 0 aliphatic carbocycles. The zero-order valence-corrected chi connectivity index (χ0v) is 17.4. The van der Waals surface area contributed by atoms with E-state index in [4.69, 9.17) is 29.2 Å². The Kier molecular flexibility index (Phi) is 7.42. The molecule has 0 radical (unpaired) electrons. The quantitative estimate of drug-likeness (QED) is 0.373. The van der Waals surface area contributed by atoms with Gasteiger partial charge in [0, 0.05) is 11.6 Å². The van der Waals surface area contributed by atoms with Gasteiger partial charge in [-0.25, -0.2) is 4.79 Å². The fourth-order valence-electron chi connectivity index (χ4n) is 2.59. The minimum Gasteiger partial charge on any atom is -0.497 e. The number of esters is 1. The van der Waals surface area contributed by atoms with E-state index < -0.39 is 11.9 Å². The maximum atomic E-state index is 12.0. The molecule has 0 saturated carbocycles. The highest BCUT2D eigenvalue weighted by Crippen LogP contribution is 2.28. The predicted octanol–water partition coefficient (Wildman–Crippen LogP) is 2.37. The summed E-state index contributed by atoms with van der Waals surface area (Å²) in [5.74, 6) is 0.717. The average Bonchev–Trinajstić information content (AvgIpc) is 3.29. The predicted molar refractivity (Wildman–Crippen MR) is 113 cm³/mol. The van der Waals surface area contributed by atoms with Gasteiger partial charge in [-0.05, 0) is 35.9 Å². The zero-order chi connectivity index (χ0) is 22.9. The van der Waals surface area contributed by atoms with E-state index >= 15 is 0 Å². The van der Waals surface area contributed by atoms with Crippen molar-refractivity contribution in [1.82, 2.24) is 10.1 Å². The first-order valence-electron chi connectivity index (χ1n) is 9.39. The Labute approximate surface area is 183 Å². The third kappa shape index (κ3) is 6.08. The lowest BCUT2D eigenvalue weighted by Gasteiger charge is -2.09. The number of aromatic nitrogens is 2. The average molecular weight is 439 g/mol. The number of amides is 1. The van der Waals surface area contributed by atoms with Crippen molar-refractivity contribution in [3.63, 3.8) is 0 Å². The Morgan fingerprint density at radius 2 is 1.94 bits per heavy atom. The highest BCUT2D eigenvalue weighted by atomic mass is 16.6. The lowest BCUT2D eigenvalue weighted by atomic mass is 10.2. The minimum atomic E-state index is -0.601. The van der Waals surface area contributed by atoms with Crippen LogP contribution in [0.15, 0.2) is 53.1 Å². The van der Waals surface area contributed by atoms with Crippen LogP contribution in [0, 0.1) is 0 Å². The highest BCUT2D eigenvalue weighted by molar-refractivity contribution is 5.87. The summed E-state index contributed by atoms with van der Waals surface area (Å²) in [5, 5.41) is 3.88. The second kappa shape index (κ2) is 10.6. The molecule has 2 aromatic carbocycles. The van der Waals surface area contributed by atoms with Crippen LogP contribution in [0.1, 0.15) is 11.5 Å². The molecular weight excluding hydrogens is 418 g/mol. The monoisotopic (exact) mass is 439 g/mol. The number of hydrogen-bond donors (Lipinski definition) is 1. The second-order valence-electron chi connectivity index (χ2n) is 6.35. The molecule has 1 amide bonds. The van der Waals surface area contributed by atoms with E-state index in [0.717, 1.165) is 0 Å². The van der Waals surface area contributed by atoms with Crippen molar-refractivity contribution in [1.29, 1.82) is 0 Å². The summed E-state index contributed by atoms with van der Waals surface area (Å²) >= 11 is 0. The van der Waals surface area contributed by atoms with Gasteiger partial charge >= 0.3 is 5.97 Å². The number of hydrogen-bond acceptors (Lipinski definition) is 9. The number of benzene rings is 2. The van der Waals surface area contributed by atoms with E-state index in [9.17, 15) is 9.59 Å². The number of primary amides is 1. The van der Waals surface area contributed by atoms with Crippen LogP contribution in [-0.4, -0.2) is 42.8 Å². The molecule has 3 rings (SSSR count). The van der Waals surface area contributed by atoms with Crippen LogP contribution in [0.25, 0.3) is 17.5 Å². The third-order valence-corrected chi connectivity index (χ3v) is 4.10. The lowest BCUT2D eigenvalue weighted by molar-refractivity contribution is -0.139. The van der Waals surface area contributed by atoms with Gasteiger partial charge in [0.25, 0.3) is 11.8 Å². The molecule has 10 heteroatoms. The summed E-state index contributed by atoms with van der Waals surface area (Å²) in [6.07, 6.45) is 2.79. The largest absolute Gasteiger partial charge is 0.497 e. The van der Waals surface area contributed by atoms with Gasteiger partial charge in [-0.15, -0.1) is 0 Å². The molecule has 0 atom stereocenters. The van der Waals surface area contributed by atoms with Gasteiger partial charge in [0.1, 0.15) is 5.75 Å². The summed E-state index contributed by atoms with van der Waals surface area (Å²) in [4.78, 5) is 27.1. The van der Waals surface area contributed by atoms with Crippen molar-refractivity contribution in [2.45, 2.75) is 6.61 Å². The lowest BCUT2D eigenvalue weighted by Crippen LogP contribution is -2.20. The normalized spacial score (nSPS) is 10.7. The van der Waals surface area contributed by atoms with Crippen LogP contribution in [0.3, 0.4) is 0 Å². The SMILES string of the molecule is COc1cccc(-c2noc(COC(=O)/C=C/c3ccc(OCC(N)=O)c(OC)c3)n2)c1. The van der Waals surface area contributed by atoms with E-state index in [-0.39, 0.29) is 19.1 Å². The second-order valence-corrected chi connectivity index (χ2v) is 6.35. The number of carbonyl (C=O) groups excluding carboxylic acids is 2. The van der Waals surface area contributed by atoms with Crippen molar-refractivity contribution in [3.8, 4) is 28.6 Å². The summed E-state index contributed by atoms with van der Waals surface area (Å²) in [7, 11) is 3.02. The Bertz CT molecular complexity index is 1120. The van der Waals surface area contributed by atoms with Crippen LogP contribution in [0.2, 0.25) is 0 Å². The molecule has 10 nitrogen and oxygen atoms in total. The number of methoxy groups -OCH3 is 2. The van der Waals surface area contributed by atoms with Gasteiger partial charge in [-0.2, -0.15) is 4.98 Å². The standard InChI is InChI=1S/C22H21N3O7/c1-28-16-5-3-4-15(11-16)22-24-20(32-25-22)13-31-21(27)9-7-14-6-8-17(18(10-14)29-2)30-12-19(23)26/h3-11H,12-13H2,1-2H3,(H2,23,26)/b9-7+. The first-order valence-corrected chi connectivity index (χ1v) is 9.39. The number of rotatable bonds is 10. The molecule has 0 unspecified atom stereocenters. The fourth-order valence-corrected chi connectivity index (χ4v) is 2.59. The molecular formula is C22H21N3O7. The van der Waals surface area contributed by atoms with Gasteiger partial charge in [0.15, 0.2) is 24.7 Å². The van der Waals surface area contributed by atoms with Crippen molar-refractivity contribution >= 4 is 18.0 Å². The molecule has 1 aromatic heterocycles. The summed E-state index contributed by atoms with van der Waals surface area (Å²) in [6.45, 7) is -0.448. The van der Waals surface area contributed by atoms with Crippen LogP contribution >= 0.6 is 0 Å². The smallest absolute Gasteiger partial charge is 0.331 e. The van der Waals surface area contributed by atoms with Crippen LogP contribution < -0.4 is 19.9 Å². The Morgan fingerprint density at radius 1 is 1.09 bits per heavy atom. The maximum absolute atomic E-state index is 12.0. The van der Waals surface area contributed by atoms with Crippen LogP contribution in [0.5, 0.6) is 17.2 Å². The molecule has 0 aliphatic rings. The van der Waals surface area contributed by atoms with E-state index in [2.05, 4.69) is 10.1 Å². The van der Waals surface area contributed by atoms with Gasteiger partial charge in [-0.1, -0.05) is 23.4 Å². The Morgan fingerprint density at radius 3 is 2.69 bits per heavy atom. The topological polar surface area (TPSA) is 136 Å². The molecule has 2 N–H and O–H groups in total. The Balaban J connectivity index is 1.57. The number of nitrogens with zero attached hydrogens (tertiary/aromatic N) is 2.